The molecule has 0 amide bonds. The lowest BCUT2D eigenvalue weighted by atomic mass is 9.71. The molecule has 11 rings (SSSR count). The van der Waals surface area contributed by atoms with Crippen LogP contribution in [-0.4, -0.2) is 24.1 Å². The number of hydrogen-bond acceptors (Lipinski definition) is 3. The Kier molecular flexibility index (Phi) is 7.46. The van der Waals surface area contributed by atoms with Gasteiger partial charge in [0, 0.05) is 32.7 Å². The van der Waals surface area contributed by atoms with Crippen LogP contribution in [0.25, 0.3) is 89.2 Å². The number of para-hydroxylation sites is 2. The largest absolute Gasteiger partial charge is 0.309 e. The second kappa shape index (κ2) is 12.6. The first-order valence-corrected chi connectivity index (χ1v) is 20.3. The molecule has 0 bridgehead atoms. The summed E-state index contributed by atoms with van der Waals surface area (Å²) in [6.07, 6.45) is 0. The van der Waals surface area contributed by atoms with E-state index >= 15 is 0 Å². The minimum Gasteiger partial charge on any atom is -0.309 e. The highest BCUT2D eigenvalue weighted by Crippen LogP contribution is 2.56. The van der Waals surface area contributed by atoms with Gasteiger partial charge in [0.2, 0.25) is 5.95 Å². The van der Waals surface area contributed by atoms with Crippen molar-refractivity contribution in [2.45, 2.75) is 45.4 Å². The normalized spacial score (nSPS) is 15.8. The van der Waals surface area contributed by atoms with E-state index in [1.807, 2.05) is 24.3 Å². The number of benzene rings is 7. The summed E-state index contributed by atoms with van der Waals surface area (Å²) in [5.41, 5.74) is 12.8. The van der Waals surface area contributed by atoms with Crippen molar-refractivity contribution >= 4 is 43.6 Å². The standard InChI is InChI=1S/C53H43N5/c1-33-52(2,3)42-23-16-26-45(48(42)53(33,4)5)57-43-24-14-12-21-38(43)40-31-41-39-22-13-15-25-44(39)58(47(41)32-46(40)57)51-55-49(36-19-10-7-11-20-36)54-50(56-51)37-29-27-35(28-30-37)34-17-8-6-9-18-34/h6-33H,1-5H3. The Labute approximate surface area is 338 Å². The van der Waals surface area contributed by atoms with E-state index in [9.17, 15) is 0 Å². The van der Waals surface area contributed by atoms with Gasteiger partial charge in [-0.25, -0.2) is 4.98 Å². The van der Waals surface area contributed by atoms with E-state index in [0.717, 1.165) is 44.0 Å². The molecule has 3 aromatic heterocycles. The molecule has 280 valence electrons. The van der Waals surface area contributed by atoms with Gasteiger partial charge in [-0.2, -0.15) is 9.97 Å². The third-order valence-electron chi connectivity index (χ3n) is 13.4. The van der Waals surface area contributed by atoms with Gasteiger partial charge in [-0.15, -0.1) is 0 Å². The van der Waals surface area contributed by atoms with Crippen molar-refractivity contribution in [2.75, 3.05) is 0 Å². The number of hydrogen-bond donors (Lipinski definition) is 0. The van der Waals surface area contributed by atoms with Crippen LogP contribution in [0.5, 0.6) is 0 Å². The third kappa shape index (κ3) is 4.99. The smallest absolute Gasteiger partial charge is 0.238 e. The minimum atomic E-state index is -0.0272. The maximum Gasteiger partial charge on any atom is 0.238 e. The van der Waals surface area contributed by atoms with Gasteiger partial charge in [-0.1, -0.05) is 168 Å². The Balaban J connectivity index is 1.20. The highest BCUT2D eigenvalue weighted by atomic mass is 15.2. The topological polar surface area (TPSA) is 48.5 Å². The molecule has 0 radical (unpaired) electrons. The fraction of sp³-hybridized carbons (Fsp3) is 0.151. The predicted molar refractivity (Wildman–Crippen MR) is 240 cm³/mol. The van der Waals surface area contributed by atoms with Gasteiger partial charge in [0.25, 0.3) is 0 Å². The highest BCUT2D eigenvalue weighted by molar-refractivity contribution is 6.19. The van der Waals surface area contributed by atoms with Crippen LogP contribution in [0.4, 0.5) is 0 Å². The summed E-state index contributed by atoms with van der Waals surface area (Å²) < 4.78 is 4.76. The molecule has 1 unspecified atom stereocenters. The van der Waals surface area contributed by atoms with E-state index in [1.165, 1.54) is 38.7 Å². The molecule has 1 aliphatic carbocycles. The van der Waals surface area contributed by atoms with Gasteiger partial charge in [0.15, 0.2) is 11.6 Å². The van der Waals surface area contributed by atoms with Crippen LogP contribution >= 0.6 is 0 Å². The lowest BCUT2D eigenvalue weighted by molar-refractivity contribution is 0.264. The number of rotatable bonds is 5. The maximum absolute atomic E-state index is 5.30. The zero-order valence-electron chi connectivity index (χ0n) is 33.4. The maximum atomic E-state index is 5.30. The molecule has 0 aliphatic heterocycles. The second-order valence-corrected chi connectivity index (χ2v) is 17.0. The van der Waals surface area contributed by atoms with Crippen molar-refractivity contribution in [1.29, 1.82) is 0 Å². The molecule has 10 aromatic rings. The lowest BCUT2D eigenvalue weighted by Crippen LogP contribution is -2.31. The van der Waals surface area contributed by atoms with Gasteiger partial charge in [-0.3, -0.25) is 4.57 Å². The fourth-order valence-electron chi connectivity index (χ4n) is 9.95. The third-order valence-corrected chi connectivity index (χ3v) is 13.4. The number of nitrogens with zero attached hydrogens (tertiary/aromatic N) is 5. The quantitative estimate of drug-likeness (QED) is 0.176. The Bertz CT molecular complexity index is 3220. The van der Waals surface area contributed by atoms with Crippen LogP contribution in [-0.2, 0) is 10.8 Å². The molecule has 7 aromatic carbocycles. The van der Waals surface area contributed by atoms with Crippen molar-refractivity contribution < 1.29 is 0 Å². The molecule has 1 atom stereocenters. The summed E-state index contributed by atoms with van der Waals surface area (Å²) >= 11 is 0. The molecule has 5 nitrogen and oxygen atoms in total. The summed E-state index contributed by atoms with van der Waals surface area (Å²) in [7, 11) is 0. The summed E-state index contributed by atoms with van der Waals surface area (Å²) in [6.45, 7) is 12.1. The summed E-state index contributed by atoms with van der Waals surface area (Å²) in [5, 5.41) is 4.79. The van der Waals surface area contributed by atoms with Crippen LogP contribution in [0.2, 0.25) is 0 Å². The first-order valence-electron chi connectivity index (χ1n) is 20.3. The van der Waals surface area contributed by atoms with Crippen LogP contribution in [0.1, 0.15) is 45.7 Å². The molecule has 5 heteroatoms. The van der Waals surface area contributed by atoms with Gasteiger partial charge in [0.05, 0.1) is 27.8 Å². The zero-order valence-corrected chi connectivity index (χ0v) is 33.4. The van der Waals surface area contributed by atoms with Crippen LogP contribution < -0.4 is 0 Å². The Morgan fingerprint density at radius 3 is 1.55 bits per heavy atom. The Morgan fingerprint density at radius 2 is 0.914 bits per heavy atom. The molecule has 3 heterocycles. The van der Waals surface area contributed by atoms with E-state index in [4.69, 9.17) is 15.0 Å². The summed E-state index contributed by atoms with van der Waals surface area (Å²) in [5.74, 6) is 2.31. The van der Waals surface area contributed by atoms with E-state index in [1.54, 1.807) is 0 Å². The zero-order chi connectivity index (χ0) is 39.3. The molecular formula is C53H43N5. The van der Waals surface area contributed by atoms with Crippen LogP contribution in [0, 0.1) is 5.92 Å². The van der Waals surface area contributed by atoms with Crippen LogP contribution in [0.3, 0.4) is 0 Å². The molecule has 0 saturated heterocycles. The van der Waals surface area contributed by atoms with Crippen molar-refractivity contribution in [3.05, 3.63) is 175 Å². The highest BCUT2D eigenvalue weighted by Gasteiger charge is 2.50. The fourth-order valence-corrected chi connectivity index (χ4v) is 9.95. The van der Waals surface area contributed by atoms with E-state index in [2.05, 4.69) is 183 Å². The average molecular weight is 750 g/mol. The summed E-state index contributed by atoms with van der Waals surface area (Å²) in [6, 6.07) is 58.4. The van der Waals surface area contributed by atoms with E-state index in [0.29, 0.717) is 23.5 Å². The Hall–Kier alpha value is -6.85. The van der Waals surface area contributed by atoms with E-state index in [-0.39, 0.29) is 10.8 Å². The first kappa shape index (κ1) is 34.4. The Morgan fingerprint density at radius 1 is 0.414 bits per heavy atom. The van der Waals surface area contributed by atoms with Gasteiger partial charge < -0.3 is 4.57 Å². The molecule has 0 fully saturated rings. The first-order chi connectivity index (χ1) is 28.2. The lowest BCUT2D eigenvalue weighted by Gasteiger charge is -2.33. The molecule has 1 aliphatic rings. The average Bonchev–Trinajstić information content (AvgIpc) is 3.81. The second-order valence-electron chi connectivity index (χ2n) is 17.0. The SMILES string of the molecule is CC1C(C)(C)c2cccc(-n3c4ccccc4c4cc5c6ccccc6n(-c6nc(-c7ccccc7)nc(-c7ccc(-c8ccccc8)cc7)n6)c5cc43)c2C1(C)C. The number of aromatic nitrogens is 5. The molecule has 0 spiro atoms. The minimum absolute atomic E-state index is 0.0272. The monoisotopic (exact) mass is 749 g/mol. The van der Waals surface area contributed by atoms with Crippen molar-refractivity contribution in [2.24, 2.45) is 5.92 Å². The summed E-state index contributed by atoms with van der Waals surface area (Å²) in [4.78, 5) is 15.7. The van der Waals surface area contributed by atoms with Gasteiger partial charge in [-0.05, 0) is 69.3 Å². The van der Waals surface area contributed by atoms with Crippen molar-refractivity contribution in [3.8, 4) is 45.5 Å². The molecule has 0 N–H and O–H groups in total. The molecular weight excluding hydrogens is 707 g/mol. The van der Waals surface area contributed by atoms with Crippen LogP contribution in [0.15, 0.2) is 164 Å². The van der Waals surface area contributed by atoms with Gasteiger partial charge in [0.1, 0.15) is 0 Å². The van der Waals surface area contributed by atoms with Gasteiger partial charge >= 0.3 is 0 Å². The van der Waals surface area contributed by atoms with Crippen molar-refractivity contribution in [3.63, 3.8) is 0 Å². The van der Waals surface area contributed by atoms with E-state index < -0.39 is 0 Å². The molecule has 58 heavy (non-hydrogen) atoms. The number of fused-ring (bicyclic) bond motifs is 7. The van der Waals surface area contributed by atoms with Crippen molar-refractivity contribution in [1.82, 2.24) is 24.1 Å². The molecule has 0 saturated carbocycles. The predicted octanol–water partition coefficient (Wildman–Crippen LogP) is 13.3.